The average Bonchev–Trinajstić information content (AvgIpc) is 2.52. The molecule has 0 amide bonds. The minimum absolute atomic E-state index is 0.198. The Kier molecular flexibility index (Phi) is 5.36. The van der Waals surface area contributed by atoms with Crippen molar-refractivity contribution in [3.8, 4) is 5.75 Å². The van der Waals surface area contributed by atoms with E-state index in [-0.39, 0.29) is 18.5 Å². The van der Waals surface area contributed by atoms with Crippen LogP contribution in [0, 0.1) is 0 Å². The maximum absolute atomic E-state index is 11.7. The van der Waals surface area contributed by atoms with Gasteiger partial charge < -0.3 is 14.2 Å². The zero-order valence-electron chi connectivity index (χ0n) is 12.6. The molecule has 22 heavy (non-hydrogen) atoms. The first-order chi connectivity index (χ1) is 10.6. The minimum Gasteiger partial charge on any atom is -0.488 e. The van der Waals surface area contributed by atoms with Crippen molar-refractivity contribution in [3.05, 3.63) is 41.0 Å². The molecule has 0 N–H and O–H groups in total. The number of fused-ring (bicyclic) bond motifs is 1. The standard InChI is InChI=1S/C17H18O5/c1-3-20-16(18)8-6-12-5-7-15-13(9-12)10-14(11-22-15)17(19)21-4-2/h5-10H,3-4,11H2,1-2H3. The summed E-state index contributed by atoms with van der Waals surface area (Å²) in [6.45, 7) is 4.38. The third kappa shape index (κ3) is 3.97. The van der Waals surface area contributed by atoms with E-state index in [0.29, 0.717) is 24.5 Å². The molecule has 0 fully saturated rings. The van der Waals surface area contributed by atoms with Crippen LogP contribution in [0.3, 0.4) is 0 Å². The van der Waals surface area contributed by atoms with Crippen molar-refractivity contribution < 1.29 is 23.8 Å². The van der Waals surface area contributed by atoms with Gasteiger partial charge in [-0.3, -0.25) is 0 Å². The normalized spacial score (nSPS) is 13.1. The second kappa shape index (κ2) is 7.45. The third-order valence-electron chi connectivity index (χ3n) is 2.98. The topological polar surface area (TPSA) is 61.8 Å². The highest BCUT2D eigenvalue weighted by atomic mass is 16.5. The maximum Gasteiger partial charge on any atom is 0.337 e. The Morgan fingerprint density at radius 2 is 2.00 bits per heavy atom. The molecule has 2 rings (SSSR count). The van der Waals surface area contributed by atoms with E-state index >= 15 is 0 Å². The van der Waals surface area contributed by atoms with Crippen molar-refractivity contribution in [2.24, 2.45) is 0 Å². The highest BCUT2D eigenvalue weighted by Gasteiger charge is 2.18. The van der Waals surface area contributed by atoms with Crippen LogP contribution in [0.2, 0.25) is 0 Å². The van der Waals surface area contributed by atoms with Crippen molar-refractivity contribution in [2.75, 3.05) is 19.8 Å². The monoisotopic (exact) mass is 302 g/mol. The van der Waals surface area contributed by atoms with Crippen LogP contribution in [0.15, 0.2) is 29.8 Å². The summed E-state index contributed by atoms with van der Waals surface area (Å²) in [5.41, 5.74) is 2.07. The van der Waals surface area contributed by atoms with Crippen LogP contribution < -0.4 is 4.74 Å². The van der Waals surface area contributed by atoms with Crippen LogP contribution in [0.25, 0.3) is 12.2 Å². The molecular formula is C17H18O5. The molecule has 1 heterocycles. The Morgan fingerprint density at radius 3 is 2.73 bits per heavy atom. The lowest BCUT2D eigenvalue weighted by Crippen LogP contribution is -2.17. The molecule has 0 radical (unpaired) electrons. The van der Waals surface area contributed by atoms with Gasteiger partial charge in [0, 0.05) is 11.6 Å². The predicted molar refractivity (Wildman–Crippen MR) is 82.2 cm³/mol. The van der Waals surface area contributed by atoms with Gasteiger partial charge in [0.1, 0.15) is 12.4 Å². The van der Waals surface area contributed by atoms with Gasteiger partial charge in [-0.25, -0.2) is 9.59 Å². The van der Waals surface area contributed by atoms with Crippen molar-refractivity contribution >= 4 is 24.1 Å². The van der Waals surface area contributed by atoms with Crippen LogP contribution in [0.5, 0.6) is 5.75 Å². The van der Waals surface area contributed by atoms with Crippen LogP contribution in [-0.2, 0) is 19.1 Å². The van der Waals surface area contributed by atoms with Gasteiger partial charge in [0.15, 0.2) is 0 Å². The van der Waals surface area contributed by atoms with Crippen LogP contribution in [-0.4, -0.2) is 31.8 Å². The number of benzene rings is 1. The molecule has 1 aromatic rings. The lowest BCUT2D eigenvalue weighted by Gasteiger charge is -2.17. The number of hydrogen-bond acceptors (Lipinski definition) is 5. The summed E-state index contributed by atoms with van der Waals surface area (Å²) in [6.07, 6.45) is 4.77. The van der Waals surface area contributed by atoms with E-state index in [4.69, 9.17) is 14.2 Å². The average molecular weight is 302 g/mol. The molecule has 1 aliphatic rings. The van der Waals surface area contributed by atoms with Crippen molar-refractivity contribution in [1.29, 1.82) is 0 Å². The van der Waals surface area contributed by atoms with Gasteiger partial charge in [0.05, 0.1) is 18.8 Å². The minimum atomic E-state index is -0.390. The third-order valence-corrected chi connectivity index (χ3v) is 2.98. The zero-order valence-corrected chi connectivity index (χ0v) is 12.6. The Labute approximate surface area is 129 Å². The van der Waals surface area contributed by atoms with E-state index in [9.17, 15) is 9.59 Å². The fourth-order valence-electron chi connectivity index (χ4n) is 2.00. The lowest BCUT2D eigenvalue weighted by atomic mass is 10.0. The second-order valence-corrected chi connectivity index (χ2v) is 4.56. The molecule has 0 unspecified atom stereocenters. The molecule has 0 saturated carbocycles. The van der Waals surface area contributed by atoms with Gasteiger partial charge in [-0.2, -0.15) is 0 Å². The summed E-state index contributed by atoms with van der Waals surface area (Å²) in [7, 11) is 0. The van der Waals surface area contributed by atoms with Crippen molar-refractivity contribution in [1.82, 2.24) is 0 Å². The molecular weight excluding hydrogens is 284 g/mol. The fraction of sp³-hybridized carbons (Fsp3) is 0.294. The van der Waals surface area contributed by atoms with Crippen molar-refractivity contribution in [3.63, 3.8) is 0 Å². The van der Waals surface area contributed by atoms with Crippen LogP contribution >= 0.6 is 0 Å². The Bertz CT molecular complexity index is 628. The van der Waals surface area contributed by atoms with Crippen LogP contribution in [0.1, 0.15) is 25.0 Å². The SMILES string of the molecule is CCOC(=O)C=Cc1ccc2c(c1)C=C(C(=O)OCC)CO2. The summed E-state index contributed by atoms with van der Waals surface area (Å²) < 4.78 is 15.3. The number of carbonyl (C=O) groups is 2. The van der Waals surface area contributed by atoms with Crippen molar-refractivity contribution in [2.45, 2.75) is 13.8 Å². The molecule has 116 valence electrons. The number of esters is 2. The van der Waals surface area contributed by atoms with E-state index in [1.807, 2.05) is 12.1 Å². The molecule has 0 atom stereocenters. The smallest absolute Gasteiger partial charge is 0.337 e. The fourth-order valence-corrected chi connectivity index (χ4v) is 2.00. The molecule has 0 aliphatic carbocycles. The lowest BCUT2D eigenvalue weighted by molar-refractivity contribution is -0.139. The molecule has 0 saturated heterocycles. The summed E-state index contributed by atoms with van der Waals surface area (Å²) >= 11 is 0. The van der Waals surface area contributed by atoms with Gasteiger partial charge in [0.2, 0.25) is 0 Å². The summed E-state index contributed by atoms with van der Waals surface area (Å²) in [4.78, 5) is 23.0. The number of carbonyl (C=O) groups excluding carboxylic acids is 2. The van der Waals surface area contributed by atoms with Gasteiger partial charge in [-0.15, -0.1) is 0 Å². The molecule has 1 aliphatic heterocycles. The Morgan fingerprint density at radius 1 is 1.23 bits per heavy atom. The zero-order chi connectivity index (χ0) is 15.9. The molecule has 5 heteroatoms. The van der Waals surface area contributed by atoms with Gasteiger partial charge >= 0.3 is 11.9 Å². The molecule has 1 aromatic carbocycles. The summed E-state index contributed by atoms with van der Waals surface area (Å²) in [6, 6.07) is 5.47. The van der Waals surface area contributed by atoms with E-state index < -0.39 is 0 Å². The first-order valence-corrected chi connectivity index (χ1v) is 7.13. The van der Waals surface area contributed by atoms with E-state index in [1.54, 1.807) is 32.1 Å². The highest BCUT2D eigenvalue weighted by Crippen LogP contribution is 2.28. The van der Waals surface area contributed by atoms with Gasteiger partial charge in [0.25, 0.3) is 0 Å². The number of ether oxygens (including phenoxy) is 3. The first kappa shape index (κ1) is 15.8. The molecule has 5 nitrogen and oxygen atoms in total. The van der Waals surface area contributed by atoms with Gasteiger partial charge in [-0.05, 0) is 43.7 Å². The Hall–Kier alpha value is -2.56. The highest BCUT2D eigenvalue weighted by molar-refractivity contribution is 5.95. The molecule has 0 aromatic heterocycles. The van der Waals surface area contributed by atoms with Gasteiger partial charge in [-0.1, -0.05) is 6.07 Å². The first-order valence-electron chi connectivity index (χ1n) is 7.13. The number of hydrogen-bond donors (Lipinski definition) is 0. The van der Waals surface area contributed by atoms with E-state index in [0.717, 1.165) is 11.1 Å². The maximum atomic E-state index is 11.7. The molecule has 0 spiro atoms. The molecule has 0 bridgehead atoms. The van der Waals surface area contributed by atoms with E-state index in [1.165, 1.54) is 6.08 Å². The van der Waals surface area contributed by atoms with E-state index in [2.05, 4.69) is 0 Å². The quantitative estimate of drug-likeness (QED) is 0.618. The van der Waals surface area contributed by atoms with Crippen LogP contribution in [0.4, 0.5) is 0 Å². The summed E-state index contributed by atoms with van der Waals surface area (Å²) in [5.74, 6) is -0.0684. The summed E-state index contributed by atoms with van der Waals surface area (Å²) in [5, 5.41) is 0. The Balaban J connectivity index is 2.19. The largest absolute Gasteiger partial charge is 0.488 e. The number of rotatable bonds is 5. The second-order valence-electron chi connectivity index (χ2n) is 4.56. The predicted octanol–water partition coefficient (Wildman–Crippen LogP) is 2.60.